The minimum Gasteiger partial charge on any atom is -0.396 e. The van der Waals surface area contributed by atoms with Crippen LogP contribution in [0.4, 0.5) is 0 Å². The first kappa shape index (κ1) is 10.4. The summed E-state index contributed by atoms with van der Waals surface area (Å²) in [6, 6.07) is 0.172. The molecule has 0 unspecified atom stereocenters. The van der Waals surface area contributed by atoms with Crippen LogP contribution in [-0.2, 0) is 0 Å². The van der Waals surface area contributed by atoms with Gasteiger partial charge in [-0.15, -0.1) is 0 Å². The number of piperidine rings is 1. The van der Waals surface area contributed by atoms with E-state index in [-0.39, 0.29) is 18.6 Å². The van der Waals surface area contributed by atoms with Gasteiger partial charge in [-0.3, -0.25) is 0 Å². The Morgan fingerprint density at radius 2 is 1.93 bits per heavy atom. The summed E-state index contributed by atoms with van der Waals surface area (Å²) in [4.78, 5) is 0. The van der Waals surface area contributed by atoms with E-state index in [2.05, 4.69) is 5.32 Å². The Bertz CT molecular complexity index is 196. The zero-order valence-electron chi connectivity index (χ0n) is 8.26. The van der Waals surface area contributed by atoms with Crippen LogP contribution in [0.15, 0.2) is 0 Å². The van der Waals surface area contributed by atoms with Gasteiger partial charge in [0.2, 0.25) is 0 Å². The van der Waals surface area contributed by atoms with Crippen molar-refractivity contribution in [3.8, 4) is 0 Å². The van der Waals surface area contributed by atoms with Crippen molar-refractivity contribution in [2.24, 2.45) is 11.8 Å². The molecular weight excluding hydrogens is 182 g/mol. The van der Waals surface area contributed by atoms with Gasteiger partial charge < -0.3 is 20.6 Å². The fourth-order valence-corrected chi connectivity index (χ4v) is 2.27. The van der Waals surface area contributed by atoms with Crippen LogP contribution in [0.2, 0.25) is 0 Å². The molecule has 0 radical (unpaired) electrons. The first-order valence-corrected chi connectivity index (χ1v) is 5.42. The van der Waals surface area contributed by atoms with E-state index in [0.717, 1.165) is 12.3 Å². The van der Waals surface area contributed by atoms with Crippen LogP contribution in [0.5, 0.6) is 0 Å². The van der Waals surface area contributed by atoms with Crippen molar-refractivity contribution >= 4 is 0 Å². The number of aliphatic hydroxyl groups is 3. The lowest BCUT2D eigenvalue weighted by molar-refractivity contribution is -0.0684. The molecule has 2 rings (SSSR count). The van der Waals surface area contributed by atoms with Crippen molar-refractivity contribution in [2.75, 3.05) is 13.2 Å². The molecule has 14 heavy (non-hydrogen) atoms. The molecule has 4 N–H and O–H groups in total. The summed E-state index contributed by atoms with van der Waals surface area (Å²) in [5.74, 6) is 0.559. The predicted octanol–water partition coefficient (Wildman–Crippen LogP) is -0.911. The SMILES string of the molecule is OC[C@@H]1[C@H](O)[C@H](O)CN[C@@H]1CC1CC1. The topological polar surface area (TPSA) is 72.7 Å². The molecule has 0 bridgehead atoms. The monoisotopic (exact) mass is 201 g/mol. The average Bonchev–Trinajstić information content (AvgIpc) is 2.96. The molecule has 2 aliphatic rings. The van der Waals surface area contributed by atoms with Crippen molar-refractivity contribution in [1.82, 2.24) is 5.32 Å². The van der Waals surface area contributed by atoms with Gasteiger partial charge in [0, 0.05) is 25.1 Å². The predicted molar refractivity (Wildman–Crippen MR) is 51.7 cm³/mol. The van der Waals surface area contributed by atoms with E-state index in [1.807, 2.05) is 0 Å². The maximum absolute atomic E-state index is 9.69. The highest BCUT2D eigenvalue weighted by atomic mass is 16.3. The molecule has 4 heteroatoms. The van der Waals surface area contributed by atoms with E-state index >= 15 is 0 Å². The van der Waals surface area contributed by atoms with Gasteiger partial charge in [-0.1, -0.05) is 12.8 Å². The maximum Gasteiger partial charge on any atom is 0.0927 e. The Labute approximate surface area is 83.9 Å². The average molecular weight is 201 g/mol. The summed E-state index contributed by atoms with van der Waals surface area (Å²) in [5.41, 5.74) is 0. The Morgan fingerprint density at radius 1 is 1.21 bits per heavy atom. The smallest absolute Gasteiger partial charge is 0.0927 e. The van der Waals surface area contributed by atoms with Crippen molar-refractivity contribution in [3.63, 3.8) is 0 Å². The lowest BCUT2D eigenvalue weighted by atomic mass is 9.84. The van der Waals surface area contributed by atoms with Gasteiger partial charge in [-0.25, -0.2) is 0 Å². The van der Waals surface area contributed by atoms with Crippen LogP contribution in [-0.4, -0.2) is 46.7 Å². The zero-order valence-corrected chi connectivity index (χ0v) is 8.26. The van der Waals surface area contributed by atoms with Crippen LogP contribution in [0.3, 0.4) is 0 Å². The summed E-state index contributed by atoms with van der Waals surface area (Å²) in [7, 11) is 0. The molecule has 1 saturated heterocycles. The molecule has 4 atom stereocenters. The van der Waals surface area contributed by atoms with Gasteiger partial charge in [-0.2, -0.15) is 0 Å². The highest BCUT2D eigenvalue weighted by Crippen LogP contribution is 2.36. The zero-order chi connectivity index (χ0) is 10.1. The van der Waals surface area contributed by atoms with Gasteiger partial charge in [-0.05, 0) is 12.3 Å². The third kappa shape index (κ3) is 2.08. The number of rotatable bonds is 3. The van der Waals surface area contributed by atoms with Gasteiger partial charge in [0.25, 0.3) is 0 Å². The largest absolute Gasteiger partial charge is 0.396 e. The summed E-state index contributed by atoms with van der Waals surface area (Å²) in [6.07, 6.45) is 2.06. The molecule has 1 heterocycles. The first-order chi connectivity index (χ1) is 6.72. The van der Waals surface area contributed by atoms with E-state index in [4.69, 9.17) is 0 Å². The number of aliphatic hydroxyl groups excluding tert-OH is 3. The number of β-amino-alcohol motifs (C(OH)–C–C–N with tert-alkyl or cyclic N) is 1. The molecular formula is C10H19NO3. The van der Waals surface area contributed by atoms with Crippen LogP contribution in [0.1, 0.15) is 19.3 Å². The molecule has 1 aliphatic carbocycles. The molecule has 0 aromatic heterocycles. The van der Waals surface area contributed by atoms with Crippen molar-refractivity contribution in [3.05, 3.63) is 0 Å². The molecule has 2 fully saturated rings. The molecule has 4 nitrogen and oxygen atoms in total. The van der Waals surface area contributed by atoms with Crippen molar-refractivity contribution < 1.29 is 15.3 Å². The number of nitrogens with one attached hydrogen (secondary N) is 1. The quantitative estimate of drug-likeness (QED) is 0.477. The first-order valence-electron chi connectivity index (χ1n) is 5.42. The van der Waals surface area contributed by atoms with Crippen LogP contribution in [0.25, 0.3) is 0 Å². The second-order valence-corrected chi connectivity index (χ2v) is 4.60. The molecule has 0 amide bonds. The maximum atomic E-state index is 9.69. The molecule has 1 aliphatic heterocycles. The van der Waals surface area contributed by atoms with Gasteiger partial charge in [0.15, 0.2) is 0 Å². The summed E-state index contributed by atoms with van der Waals surface area (Å²) in [5, 5.41) is 31.5. The normalized spacial score (nSPS) is 43.9. The number of hydrogen-bond donors (Lipinski definition) is 4. The fourth-order valence-electron chi connectivity index (χ4n) is 2.27. The summed E-state index contributed by atoms with van der Waals surface area (Å²) >= 11 is 0. The summed E-state index contributed by atoms with van der Waals surface area (Å²) < 4.78 is 0. The number of hydrogen-bond acceptors (Lipinski definition) is 4. The Morgan fingerprint density at radius 3 is 2.50 bits per heavy atom. The van der Waals surface area contributed by atoms with Gasteiger partial charge in [0.1, 0.15) is 0 Å². The Hall–Kier alpha value is -0.160. The Kier molecular flexibility index (Phi) is 3.07. The molecule has 0 spiro atoms. The summed E-state index contributed by atoms with van der Waals surface area (Å²) in [6.45, 7) is 0.387. The van der Waals surface area contributed by atoms with Crippen LogP contribution < -0.4 is 5.32 Å². The van der Waals surface area contributed by atoms with E-state index in [9.17, 15) is 15.3 Å². The van der Waals surface area contributed by atoms with E-state index in [0.29, 0.717) is 6.54 Å². The highest BCUT2D eigenvalue weighted by molar-refractivity contribution is 4.94. The van der Waals surface area contributed by atoms with Gasteiger partial charge >= 0.3 is 0 Å². The lowest BCUT2D eigenvalue weighted by Gasteiger charge is -2.38. The van der Waals surface area contributed by atoms with Crippen LogP contribution >= 0.6 is 0 Å². The molecule has 82 valence electrons. The van der Waals surface area contributed by atoms with E-state index < -0.39 is 12.2 Å². The highest BCUT2D eigenvalue weighted by Gasteiger charge is 2.39. The second-order valence-electron chi connectivity index (χ2n) is 4.60. The second kappa shape index (κ2) is 4.14. The molecule has 0 aromatic carbocycles. The van der Waals surface area contributed by atoms with E-state index in [1.54, 1.807) is 0 Å². The molecule has 1 saturated carbocycles. The van der Waals surface area contributed by atoms with Crippen molar-refractivity contribution in [1.29, 1.82) is 0 Å². The third-order valence-corrected chi connectivity index (χ3v) is 3.43. The minimum atomic E-state index is -0.773. The van der Waals surface area contributed by atoms with Crippen LogP contribution in [0, 0.1) is 11.8 Å². The van der Waals surface area contributed by atoms with E-state index in [1.165, 1.54) is 12.8 Å². The fraction of sp³-hybridized carbons (Fsp3) is 1.00. The van der Waals surface area contributed by atoms with Gasteiger partial charge in [0.05, 0.1) is 12.2 Å². The third-order valence-electron chi connectivity index (χ3n) is 3.43. The van der Waals surface area contributed by atoms with Crippen molar-refractivity contribution in [2.45, 2.75) is 37.5 Å². The lowest BCUT2D eigenvalue weighted by Crippen LogP contribution is -2.57. The minimum absolute atomic E-state index is 0.0530. The Balaban J connectivity index is 1.93. The molecule has 0 aromatic rings. The standard InChI is InChI=1S/C10H19NO3/c12-5-7-8(3-6-1-2-6)11-4-9(13)10(7)14/h6-14H,1-5H2/t7-,8+,9+,10-/m0/s1.